The second kappa shape index (κ2) is 6.87. The van der Waals surface area contributed by atoms with Gasteiger partial charge in [0.25, 0.3) is 0 Å². The van der Waals surface area contributed by atoms with Gasteiger partial charge in [-0.3, -0.25) is 4.79 Å². The topological polar surface area (TPSA) is 74.5 Å². The van der Waals surface area contributed by atoms with Crippen LogP contribution in [0.25, 0.3) is 0 Å². The highest BCUT2D eigenvalue weighted by Gasteiger charge is 2.35. The van der Waals surface area contributed by atoms with E-state index in [0.717, 1.165) is 10.9 Å². The first-order chi connectivity index (χ1) is 8.96. The van der Waals surface area contributed by atoms with Crippen LogP contribution < -0.4 is 5.32 Å². The number of allylic oxidation sites excluding steroid dienone is 1. The number of esters is 1. The molecule has 104 valence electrons. The van der Waals surface area contributed by atoms with Gasteiger partial charge in [-0.2, -0.15) is 5.26 Å². The van der Waals surface area contributed by atoms with Crippen molar-refractivity contribution in [2.75, 3.05) is 18.6 Å². The maximum Gasteiger partial charge on any atom is 0.315 e. The molecule has 1 heterocycles. The summed E-state index contributed by atoms with van der Waals surface area (Å²) in [5.74, 6) is -0.114. The zero-order valence-corrected chi connectivity index (χ0v) is 13.1. The summed E-state index contributed by atoms with van der Waals surface area (Å²) in [5, 5.41) is 13.1. The highest BCUT2D eigenvalue weighted by atomic mass is 32.2. The molecule has 0 aromatic carbocycles. The molecule has 0 aromatic heterocycles. The Kier molecular flexibility index (Phi) is 5.76. The Bertz CT molecular complexity index is 468. The van der Waals surface area contributed by atoms with E-state index in [9.17, 15) is 10.1 Å². The molecular formula is C12H17N3O2S2. The first-order valence-corrected chi connectivity index (χ1v) is 7.99. The maximum absolute atomic E-state index is 11.4. The Balaban J connectivity index is 2.91. The first kappa shape index (κ1) is 15.9. The summed E-state index contributed by atoms with van der Waals surface area (Å²) >= 11 is 2.78. The van der Waals surface area contributed by atoms with Gasteiger partial charge in [0.05, 0.1) is 17.9 Å². The number of carbonyl (C=O) groups excluding carboxylic acids is 1. The van der Waals surface area contributed by atoms with Crippen molar-refractivity contribution in [3.63, 3.8) is 0 Å². The average molecular weight is 299 g/mol. The summed E-state index contributed by atoms with van der Waals surface area (Å²) in [4.78, 5) is 15.2. The fraction of sp³-hybridized carbons (Fsp3) is 0.583. The Hall–Kier alpha value is -1.13. The van der Waals surface area contributed by atoms with Gasteiger partial charge in [-0.1, -0.05) is 11.8 Å². The number of rotatable bonds is 4. The lowest BCUT2D eigenvalue weighted by molar-refractivity contribution is -0.139. The van der Waals surface area contributed by atoms with Crippen LogP contribution in [-0.2, 0) is 9.53 Å². The smallest absolute Gasteiger partial charge is 0.315 e. The minimum Gasteiger partial charge on any atom is -0.465 e. The third-order valence-electron chi connectivity index (χ3n) is 2.53. The summed E-state index contributed by atoms with van der Waals surface area (Å²) in [6.45, 7) is 5.81. The molecule has 0 aliphatic carbocycles. The SMILES string of the molecule is CCOC(=O)CSC1(C)N=C(SC)NC(C)=C1C#N. The van der Waals surface area contributed by atoms with E-state index in [1.54, 1.807) is 6.92 Å². The third-order valence-corrected chi connectivity index (χ3v) is 4.35. The lowest BCUT2D eigenvalue weighted by Crippen LogP contribution is -2.35. The van der Waals surface area contributed by atoms with Crippen LogP contribution in [0.3, 0.4) is 0 Å². The predicted octanol–water partition coefficient (Wildman–Crippen LogP) is 2.12. The van der Waals surface area contributed by atoms with E-state index in [4.69, 9.17) is 4.74 Å². The normalized spacial score (nSPS) is 22.4. The Morgan fingerprint density at radius 2 is 2.32 bits per heavy atom. The van der Waals surface area contributed by atoms with Crippen molar-refractivity contribution in [3.05, 3.63) is 11.3 Å². The molecule has 0 aromatic rings. The van der Waals surface area contributed by atoms with Gasteiger partial charge in [-0.15, -0.1) is 11.8 Å². The number of hydrogen-bond donors (Lipinski definition) is 1. The Morgan fingerprint density at radius 3 is 2.84 bits per heavy atom. The molecule has 1 aliphatic heterocycles. The highest BCUT2D eigenvalue weighted by Crippen LogP contribution is 2.38. The number of nitrogens with one attached hydrogen (secondary N) is 1. The molecule has 7 heteroatoms. The minimum absolute atomic E-state index is 0.175. The van der Waals surface area contributed by atoms with Crippen molar-refractivity contribution < 1.29 is 9.53 Å². The predicted molar refractivity (Wildman–Crippen MR) is 79.9 cm³/mol. The van der Waals surface area contributed by atoms with Crippen molar-refractivity contribution >= 4 is 34.7 Å². The molecule has 1 aliphatic rings. The largest absolute Gasteiger partial charge is 0.465 e. The number of nitriles is 1. The van der Waals surface area contributed by atoms with E-state index in [-0.39, 0.29) is 11.7 Å². The molecular weight excluding hydrogens is 282 g/mol. The van der Waals surface area contributed by atoms with Gasteiger partial charge in [-0.05, 0) is 27.0 Å². The number of aliphatic imine (C=N–C) groups is 1. The zero-order valence-electron chi connectivity index (χ0n) is 11.4. The second-order valence-corrected chi connectivity index (χ2v) is 6.10. The third kappa shape index (κ3) is 3.91. The van der Waals surface area contributed by atoms with Gasteiger partial charge in [-0.25, -0.2) is 4.99 Å². The first-order valence-electron chi connectivity index (χ1n) is 5.78. The van der Waals surface area contributed by atoms with Crippen LogP contribution in [0.4, 0.5) is 0 Å². The number of ether oxygens (including phenoxy) is 1. The quantitative estimate of drug-likeness (QED) is 0.801. The van der Waals surface area contributed by atoms with Gasteiger partial charge < -0.3 is 10.1 Å². The van der Waals surface area contributed by atoms with Crippen LogP contribution in [0, 0.1) is 11.3 Å². The molecule has 0 amide bonds. The van der Waals surface area contributed by atoms with Crippen LogP contribution >= 0.6 is 23.5 Å². The van der Waals surface area contributed by atoms with Gasteiger partial charge in [0.1, 0.15) is 10.9 Å². The minimum atomic E-state index is -0.741. The Morgan fingerprint density at radius 1 is 1.63 bits per heavy atom. The van der Waals surface area contributed by atoms with Crippen LogP contribution in [-0.4, -0.2) is 34.6 Å². The van der Waals surface area contributed by atoms with Crippen LogP contribution in [0.1, 0.15) is 20.8 Å². The molecule has 0 fully saturated rings. The number of amidine groups is 1. The highest BCUT2D eigenvalue weighted by molar-refractivity contribution is 8.13. The van der Waals surface area contributed by atoms with Crippen LogP contribution in [0.5, 0.6) is 0 Å². The van der Waals surface area contributed by atoms with E-state index >= 15 is 0 Å². The van der Waals surface area contributed by atoms with E-state index in [2.05, 4.69) is 16.4 Å². The summed E-state index contributed by atoms with van der Waals surface area (Å²) in [6.07, 6.45) is 1.91. The van der Waals surface area contributed by atoms with Crippen molar-refractivity contribution in [2.24, 2.45) is 4.99 Å². The standard InChI is InChI=1S/C12H17N3O2S2/c1-5-17-10(16)7-19-12(3)9(6-13)8(2)14-11(15-12)18-4/h5,7H2,1-4H3,(H,14,15). The number of nitrogens with zero attached hydrogens (tertiary/aromatic N) is 2. The van der Waals surface area contributed by atoms with E-state index in [0.29, 0.717) is 12.2 Å². The molecule has 1 N–H and O–H groups in total. The number of hydrogen-bond acceptors (Lipinski definition) is 7. The average Bonchev–Trinajstić information content (AvgIpc) is 2.36. The lowest BCUT2D eigenvalue weighted by atomic mass is 10.1. The van der Waals surface area contributed by atoms with Gasteiger partial charge in [0.2, 0.25) is 0 Å². The molecule has 0 saturated carbocycles. The second-order valence-electron chi connectivity index (χ2n) is 3.93. The summed E-state index contributed by atoms with van der Waals surface area (Å²) in [6, 6.07) is 2.17. The molecule has 1 atom stereocenters. The van der Waals surface area contributed by atoms with Crippen molar-refractivity contribution in [1.29, 1.82) is 5.26 Å². The molecule has 0 bridgehead atoms. The summed E-state index contributed by atoms with van der Waals surface area (Å²) in [5.41, 5.74) is 1.32. The van der Waals surface area contributed by atoms with Crippen molar-refractivity contribution in [1.82, 2.24) is 5.32 Å². The molecule has 0 spiro atoms. The van der Waals surface area contributed by atoms with Crippen molar-refractivity contribution in [3.8, 4) is 6.07 Å². The number of carbonyl (C=O) groups is 1. The lowest BCUT2D eigenvalue weighted by Gasteiger charge is -2.30. The van der Waals surface area contributed by atoms with Gasteiger partial charge in [0, 0.05) is 5.70 Å². The van der Waals surface area contributed by atoms with Crippen LogP contribution in [0.2, 0.25) is 0 Å². The summed E-state index contributed by atoms with van der Waals surface area (Å²) in [7, 11) is 0. The molecule has 0 saturated heterocycles. The monoisotopic (exact) mass is 299 g/mol. The zero-order chi connectivity index (χ0) is 14.5. The van der Waals surface area contributed by atoms with Gasteiger partial charge >= 0.3 is 5.97 Å². The van der Waals surface area contributed by atoms with Crippen molar-refractivity contribution in [2.45, 2.75) is 25.6 Å². The van der Waals surface area contributed by atoms with Crippen LogP contribution in [0.15, 0.2) is 16.3 Å². The van der Waals surface area contributed by atoms with E-state index in [1.807, 2.05) is 20.1 Å². The summed E-state index contributed by atoms with van der Waals surface area (Å²) < 4.78 is 4.90. The molecule has 19 heavy (non-hydrogen) atoms. The maximum atomic E-state index is 11.4. The Labute approximate surface area is 121 Å². The fourth-order valence-electron chi connectivity index (χ4n) is 1.64. The fourth-order valence-corrected chi connectivity index (χ4v) is 3.21. The van der Waals surface area contributed by atoms with E-state index in [1.165, 1.54) is 23.5 Å². The molecule has 0 radical (unpaired) electrons. The number of thioether (sulfide) groups is 2. The van der Waals surface area contributed by atoms with E-state index < -0.39 is 4.87 Å². The molecule has 1 rings (SSSR count). The molecule has 1 unspecified atom stereocenters. The van der Waals surface area contributed by atoms with Gasteiger partial charge in [0.15, 0.2) is 5.17 Å². The molecule has 5 nitrogen and oxygen atoms in total.